The molecule has 0 bridgehead atoms. The minimum Gasteiger partial charge on any atom is -0.508 e. The molecule has 0 atom stereocenters. The Bertz CT molecular complexity index is 313. The monoisotopic (exact) mass is 190 g/mol. The molecule has 76 valence electrons. The van der Waals surface area contributed by atoms with Crippen molar-refractivity contribution in [3.63, 3.8) is 0 Å². The molecule has 1 nitrogen and oxygen atoms in total. The molecule has 0 aliphatic heterocycles. The van der Waals surface area contributed by atoms with E-state index in [9.17, 15) is 5.11 Å². The maximum atomic E-state index is 9.61. The molecule has 1 aromatic carbocycles. The van der Waals surface area contributed by atoms with Gasteiger partial charge in [0.25, 0.3) is 0 Å². The van der Waals surface area contributed by atoms with E-state index in [1.807, 2.05) is 25.1 Å². The fraction of sp³-hybridized carbons (Fsp3) is 0.385. The van der Waals surface area contributed by atoms with Gasteiger partial charge in [-0.05, 0) is 37.0 Å². The van der Waals surface area contributed by atoms with Crippen LogP contribution in [0.2, 0.25) is 0 Å². The van der Waals surface area contributed by atoms with Gasteiger partial charge in [0.2, 0.25) is 0 Å². The fourth-order valence-electron chi connectivity index (χ4n) is 1.34. The first-order chi connectivity index (χ1) is 6.74. The van der Waals surface area contributed by atoms with E-state index in [0.29, 0.717) is 5.75 Å². The third kappa shape index (κ3) is 3.25. The molecular formula is C13H18O. The molecule has 0 saturated carbocycles. The fourth-order valence-corrected chi connectivity index (χ4v) is 1.34. The molecule has 1 heteroatoms. The smallest absolute Gasteiger partial charge is 0.119 e. The van der Waals surface area contributed by atoms with Crippen LogP contribution < -0.4 is 0 Å². The predicted molar refractivity (Wildman–Crippen MR) is 60.6 cm³/mol. The lowest BCUT2D eigenvalue weighted by molar-refractivity contribution is 0.469. The summed E-state index contributed by atoms with van der Waals surface area (Å²) in [6.07, 6.45) is 7.41. The molecule has 0 amide bonds. The van der Waals surface area contributed by atoms with Crippen LogP contribution in [0.1, 0.15) is 30.9 Å². The van der Waals surface area contributed by atoms with Crippen LogP contribution in [0.5, 0.6) is 5.75 Å². The second-order valence-electron chi connectivity index (χ2n) is 3.60. The van der Waals surface area contributed by atoms with Crippen LogP contribution in [-0.4, -0.2) is 5.11 Å². The number of benzene rings is 1. The third-order valence-corrected chi connectivity index (χ3v) is 2.20. The van der Waals surface area contributed by atoms with Gasteiger partial charge in [-0.25, -0.2) is 0 Å². The van der Waals surface area contributed by atoms with Crippen LogP contribution in [0.4, 0.5) is 0 Å². The number of aryl methyl sites for hydroxylation is 1. The average Bonchev–Trinajstić information content (AvgIpc) is 2.15. The van der Waals surface area contributed by atoms with Gasteiger partial charge in [0.05, 0.1) is 0 Å². The average molecular weight is 190 g/mol. The van der Waals surface area contributed by atoms with Crippen molar-refractivity contribution in [1.29, 1.82) is 0 Å². The highest BCUT2D eigenvalue weighted by Gasteiger charge is 1.97. The number of hydrogen-bond donors (Lipinski definition) is 1. The van der Waals surface area contributed by atoms with Gasteiger partial charge >= 0.3 is 0 Å². The van der Waals surface area contributed by atoms with Crippen molar-refractivity contribution in [3.05, 3.63) is 41.5 Å². The molecule has 14 heavy (non-hydrogen) atoms. The van der Waals surface area contributed by atoms with Gasteiger partial charge in [-0.1, -0.05) is 37.6 Å². The Hall–Kier alpha value is -1.24. The second-order valence-corrected chi connectivity index (χ2v) is 3.60. The molecule has 0 fully saturated rings. The first-order valence-electron chi connectivity index (χ1n) is 5.17. The van der Waals surface area contributed by atoms with E-state index in [4.69, 9.17) is 0 Å². The summed E-state index contributed by atoms with van der Waals surface area (Å²) in [6, 6.07) is 5.83. The number of hydrogen-bond acceptors (Lipinski definition) is 1. The number of allylic oxidation sites excluding steroid dienone is 2. The van der Waals surface area contributed by atoms with Crippen molar-refractivity contribution in [2.45, 2.75) is 33.1 Å². The topological polar surface area (TPSA) is 20.2 Å². The van der Waals surface area contributed by atoms with Gasteiger partial charge in [-0.3, -0.25) is 0 Å². The lowest BCUT2D eigenvalue weighted by atomic mass is 10.1. The van der Waals surface area contributed by atoms with Gasteiger partial charge in [0, 0.05) is 0 Å². The van der Waals surface area contributed by atoms with E-state index in [1.54, 1.807) is 0 Å². The van der Waals surface area contributed by atoms with E-state index < -0.39 is 0 Å². The Morgan fingerprint density at radius 1 is 1.29 bits per heavy atom. The van der Waals surface area contributed by atoms with E-state index in [-0.39, 0.29) is 0 Å². The zero-order valence-corrected chi connectivity index (χ0v) is 8.96. The van der Waals surface area contributed by atoms with E-state index >= 15 is 0 Å². The molecule has 0 heterocycles. The summed E-state index contributed by atoms with van der Waals surface area (Å²) in [7, 11) is 0. The lowest BCUT2D eigenvalue weighted by Gasteiger charge is -2.01. The number of rotatable bonds is 4. The van der Waals surface area contributed by atoms with E-state index in [1.165, 1.54) is 6.42 Å². The maximum absolute atomic E-state index is 9.61. The van der Waals surface area contributed by atoms with Crippen molar-refractivity contribution in [1.82, 2.24) is 0 Å². The van der Waals surface area contributed by atoms with Gasteiger partial charge in [0.1, 0.15) is 5.75 Å². The van der Waals surface area contributed by atoms with Crippen LogP contribution in [0.15, 0.2) is 30.4 Å². The van der Waals surface area contributed by atoms with Crippen molar-refractivity contribution in [3.8, 4) is 5.75 Å². The SMILES string of the molecule is CCCC=CCc1ccc(C)cc1O. The molecule has 0 spiro atoms. The van der Waals surface area contributed by atoms with Crippen molar-refractivity contribution >= 4 is 0 Å². The van der Waals surface area contributed by atoms with Crippen molar-refractivity contribution < 1.29 is 5.11 Å². The van der Waals surface area contributed by atoms with Gasteiger partial charge in [0.15, 0.2) is 0 Å². The van der Waals surface area contributed by atoms with Crippen LogP contribution in [0.25, 0.3) is 0 Å². The van der Waals surface area contributed by atoms with Crippen molar-refractivity contribution in [2.75, 3.05) is 0 Å². The molecule has 1 aromatic rings. The highest BCUT2D eigenvalue weighted by atomic mass is 16.3. The molecule has 0 aromatic heterocycles. The number of phenolic OH excluding ortho intramolecular Hbond substituents is 1. The van der Waals surface area contributed by atoms with E-state index in [2.05, 4.69) is 19.1 Å². The van der Waals surface area contributed by atoms with Crippen LogP contribution in [-0.2, 0) is 6.42 Å². The third-order valence-electron chi connectivity index (χ3n) is 2.20. The summed E-state index contributed by atoms with van der Waals surface area (Å²) >= 11 is 0. The number of phenols is 1. The predicted octanol–water partition coefficient (Wildman–Crippen LogP) is 3.60. The molecule has 0 saturated heterocycles. The van der Waals surface area contributed by atoms with Crippen molar-refractivity contribution in [2.24, 2.45) is 0 Å². The van der Waals surface area contributed by atoms with E-state index in [0.717, 1.165) is 24.0 Å². The summed E-state index contributed by atoms with van der Waals surface area (Å²) in [5, 5.41) is 9.61. The minimum atomic E-state index is 0.408. The maximum Gasteiger partial charge on any atom is 0.119 e. The van der Waals surface area contributed by atoms with Crippen LogP contribution >= 0.6 is 0 Å². The Balaban J connectivity index is 2.59. The van der Waals surface area contributed by atoms with Gasteiger partial charge in [-0.2, -0.15) is 0 Å². The number of aromatic hydroxyl groups is 1. The molecule has 0 unspecified atom stereocenters. The summed E-state index contributed by atoms with van der Waals surface area (Å²) in [5.74, 6) is 0.408. The Morgan fingerprint density at radius 2 is 2.07 bits per heavy atom. The number of unbranched alkanes of at least 4 members (excludes halogenated alkanes) is 1. The highest BCUT2D eigenvalue weighted by Crippen LogP contribution is 2.19. The first kappa shape index (κ1) is 10.8. The standard InChI is InChI=1S/C13H18O/c1-3-4-5-6-7-12-9-8-11(2)10-13(12)14/h5-6,8-10,14H,3-4,7H2,1-2H3. The largest absolute Gasteiger partial charge is 0.508 e. The molecule has 1 rings (SSSR count). The Labute approximate surface area is 86.1 Å². The Morgan fingerprint density at radius 3 is 2.71 bits per heavy atom. The second kappa shape index (κ2) is 5.48. The normalized spacial score (nSPS) is 11.0. The zero-order valence-electron chi connectivity index (χ0n) is 8.96. The molecule has 0 radical (unpaired) electrons. The summed E-state index contributed by atoms with van der Waals surface area (Å²) in [5.41, 5.74) is 2.10. The molecule has 1 N–H and O–H groups in total. The zero-order chi connectivity index (χ0) is 10.4. The minimum absolute atomic E-state index is 0.408. The first-order valence-corrected chi connectivity index (χ1v) is 5.17. The molecule has 0 aliphatic carbocycles. The molecule has 0 aliphatic rings. The van der Waals surface area contributed by atoms with Gasteiger partial charge < -0.3 is 5.11 Å². The molecular weight excluding hydrogens is 172 g/mol. The van der Waals surface area contributed by atoms with Crippen LogP contribution in [0, 0.1) is 6.92 Å². The lowest BCUT2D eigenvalue weighted by Crippen LogP contribution is -1.83. The van der Waals surface area contributed by atoms with Crippen LogP contribution in [0.3, 0.4) is 0 Å². The highest BCUT2D eigenvalue weighted by molar-refractivity contribution is 5.36. The Kier molecular flexibility index (Phi) is 4.24. The summed E-state index contributed by atoms with van der Waals surface area (Å²) < 4.78 is 0. The summed E-state index contributed by atoms with van der Waals surface area (Å²) in [4.78, 5) is 0. The summed E-state index contributed by atoms with van der Waals surface area (Å²) in [6.45, 7) is 4.14. The van der Waals surface area contributed by atoms with Gasteiger partial charge in [-0.15, -0.1) is 0 Å². The quantitative estimate of drug-likeness (QED) is 0.719.